The number of amides is 2. The molecule has 0 heterocycles. The van der Waals surface area contributed by atoms with E-state index in [9.17, 15) is 9.59 Å². The van der Waals surface area contributed by atoms with E-state index in [1.54, 1.807) is 31.3 Å². The van der Waals surface area contributed by atoms with Gasteiger partial charge in [-0.3, -0.25) is 9.59 Å². The molecule has 1 rings (SSSR count). The lowest BCUT2D eigenvalue weighted by molar-refractivity contribution is -0.129. The number of carbonyl (C=O) groups is 2. The van der Waals surface area contributed by atoms with Gasteiger partial charge in [-0.2, -0.15) is 0 Å². The van der Waals surface area contributed by atoms with Gasteiger partial charge in [-0.15, -0.1) is 0 Å². The van der Waals surface area contributed by atoms with Crippen LogP contribution in [0.5, 0.6) is 0 Å². The Morgan fingerprint density at radius 2 is 2.06 bits per heavy atom. The Kier molecular flexibility index (Phi) is 5.61. The predicted octanol–water partition coefficient (Wildman–Crippen LogP) is 0.521. The van der Waals surface area contributed by atoms with Crippen molar-refractivity contribution in [2.24, 2.45) is 0 Å². The van der Waals surface area contributed by atoms with Gasteiger partial charge in [0.1, 0.15) is 0 Å². The highest BCUT2D eigenvalue weighted by atomic mass is 35.5. The molecule has 6 heteroatoms. The SMILES string of the molecule is CN(CCO)C(=O)CNC(=O)c1ccccc1Cl. The number of rotatable bonds is 5. The van der Waals surface area contributed by atoms with Gasteiger partial charge < -0.3 is 15.3 Å². The van der Waals surface area contributed by atoms with E-state index >= 15 is 0 Å². The summed E-state index contributed by atoms with van der Waals surface area (Å²) < 4.78 is 0. The molecule has 2 N–H and O–H groups in total. The lowest BCUT2D eigenvalue weighted by Crippen LogP contribution is -2.39. The van der Waals surface area contributed by atoms with Crippen LogP contribution < -0.4 is 5.32 Å². The lowest BCUT2D eigenvalue weighted by atomic mass is 10.2. The quantitative estimate of drug-likeness (QED) is 0.820. The molecule has 0 saturated carbocycles. The van der Waals surface area contributed by atoms with Gasteiger partial charge >= 0.3 is 0 Å². The summed E-state index contributed by atoms with van der Waals surface area (Å²) in [5, 5.41) is 11.5. The molecule has 0 aliphatic heterocycles. The fourth-order valence-electron chi connectivity index (χ4n) is 1.31. The summed E-state index contributed by atoms with van der Waals surface area (Å²) in [6.45, 7) is 0.00204. The first-order valence-corrected chi connectivity index (χ1v) is 5.81. The summed E-state index contributed by atoms with van der Waals surface area (Å²) in [5.74, 6) is -0.671. The van der Waals surface area contributed by atoms with Crippen LogP contribution in [0.1, 0.15) is 10.4 Å². The second-order valence-corrected chi connectivity index (χ2v) is 4.11. The molecule has 0 aliphatic carbocycles. The minimum Gasteiger partial charge on any atom is -0.395 e. The van der Waals surface area contributed by atoms with Crippen LogP contribution >= 0.6 is 11.6 Å². The number of benzene rings is 1. The third-order valence-electron chi connectivity index (χ3n) is 2.38. The van der Waals surface area contributed by atoms with Crippen molar-refractivity contribution in [3.63, 3.8) is 0 Å². The number of halogens is 1. The van der Waals surface area contributed by atoms with Crippen molar-refractivity contribution in [2.45, 2.75) is 0 Å². The maximum Gasteiger partial charge on any atom is 0.253 e. The Bertz CT molecular complexity index is 437. The summed E-state index contributed by atoms with van der Waals surface area (Å²) >= 11 is 5.86. The van der Waals surface area contributed by atoms with E-state index < -0.39 is 5.91 Å². The van der Waals surface area contributed by atoms with Crippen molar-refractivity contribution in [2.75, 3.05) is 26.7 Å². The van der Waals surface area contributed by atoms with Gasteiger partial charge in [-0.05, 0) is 12.1 Å². The van der Waals surface area contributed by atoms with Crippen LogP contribution in [0, 0.1) is 0 Å². The Balaban J connectivity index is 2.52. The van der Waals surface area contributed by atoms with Gasteiger partial charge in [0.05, 0.1) is 23.7 Å². The molecule has 0 radical (unpaired) electrons. The number of hydrogen-bond acceptors (Lipinski definition) is 3. The van der Waals surface area contributed by atoms with Crippen LogP contribution in [0.2, 0.25) is 5.02 Å². The fraction of sp³-hybridized carbons (Fsp3) is 0.333. The van der Waals surface area contributed by atoms with Gasteiger partial charge in [0.25, 0.3) is 5.91 Å². The number of carbonyl (C=O) groups excluding carboxylic acids is 2. The van der Waals surface area contributed by atoms with Crippen LogP contribution in [0.4, 0.5) is 0 Å². The van der Waals surface area contributed by atoms with E-state index in [-0.39, 0.29) is 25.6 Å². The van der Waals surface area contributed by atoms with Gasteiger partial charge in [0.15, 0.2) is 0 Å². The number of aliphatic hydroxyl groups is 1. The first-order chi connectivity index (χ1) is 8.56. The molecule has 18 heavy (non-hydrogen) atoms. The van der Waals surface area contributed by atoms with Gasteiger partial charge in [-0.1, -0.05) is 23.7 Å². The molecule has 2 amide bonds. The van der Waals surface area contributed by atoms with Crippen molar-refractivity contribution in [1.29, 1.82) is 0 Å². The van der Waals surface area contributed by atoms with E-state index in [2.05, 4.69) is 5.32 Å². The van der Waals surface area contributed by atoms with Crippen molar-refractivity contribution in [1.82, 2.24) is 10.2 Å². The van der Waals surface area contributed by atoms with E-state index in [1.807, 2.05) is 0 Å². The maximum atomic E-state index is 11.7. The molecule has 98 valence electrons. The number of likely N-dealkylation sites (N-methyl/N-ethyl adjacent to an activating group) is 1. The zero-order valence-corrected chi connectivity index (χ0v) is 10.8. The Morgan fingerprint density at radius 1 is 1.39 bits per heavy atom. The average molecular weight is 271 g/mol. The van der Waals surface area contributed by atoms with Crippen molar-refractivity contribution in [3.05, 3.63) is 34.9 Å². The van der Waals surface area contributed by atoms with Crippen molar-refractivity contribution in [3.8, 4) is 0 Å². The minimum atomic E-state index is -0.397. The molecule has 0 aliphatic rings. The largest absolute Gasteiger partial charge is 0.395 e. The summed E-state index contributed by atoms with van der Waals surface area (Å²) in [7, 11) is 1.56. The highest BCUT2D eigenvalue weighted by Gasteiger charge is 2.12. The summed E-state index contributed by atoms with van der Waals surface area (Å²) in [6, 6.07) is 6.61. The van der Waals surface area contributed by atoms with Crippen molar-refractivity contribution < 1.29 is 14.7 Å². The third-order valence-corrected chi connectivity index (χ3v) is 2.71. The second kappa shape index (κ2) is 6.98. The zero-order chi connectivity index (χ0) is 13.5. The second-order valence-electron chi connectivity index (χ2n) is 3.70. The smallest absolute Gasteiger partial charge is 0.253 e. The molecule has 0 bridgehead atoms. The summed E-state index contributed by atoms with van der Waals surface area (Å²) in [6.07, 6.45) is 0. The highest BCUT2D eigenvalue weighted by molar-refractivity contribution is 6.33. The molecule has 0 unspecified atom stereocenters. The van der Waals surface area contributed by atoms with Crippen LogP contribution in [0.3, 0.4) is 0 Å². The zero-order valence-electron chi connectivity index (χ0n) is 10.0. The molecule has 1 aromatic carbocycles. The first kappa shape index (κ1) is 14.5. The molecule has 5 nitrogen and oxygen atoms in total. The molecular formula is C12H15ClN2O3. The van der Waals surface area contributed by atoms with Crippen LogP contribution in [-0.4, -0.2) is 48.6 Å². The van der Waals surface area contributed by atoms with E-state index in [0.29, 0.717) is 10.6 Å². The average Bonchev–Trinajstić information content (AvgIpc) is 2.36. The summed E-state index contributed by atoms with van der Waals surface area (Å²) in [4.78, 5) is 24.6. The molecule has 1 aromatic rings. The van der Waals surface area contributed by atoms with E-state index in [4.69, 9.17) is 16.7 Å². The van der Waals surface area contributed by atoms with Crippen LogP contribution in [0.15, 0.2) is 24.3 Å². The first-order valence-electron chi connectivity index (χ1n) is 5.43. The molecular weight excluding hydrogens is 256 g/mol. The van der Waals surface area contributed by atoms with Gasteiger partial charge in [0, 0.05) is 13.6 Å². The monoisotopic (exact) mass is 270 g/mol. The van der Waals surface area contributed by atoms with E-state index in [1.165, 1.54) is 4.90 Å². The molecule has 0 fully saturated rings. The van der Waals surface area contributed by atoms with E-state index in [0.717, 1.165) is 0 Å². The third kappa shape index (κ3) is 4.01. The number of nitrogens with one attached hydrogen (secondary N) is 1. The number of nitrogens with zero attached hydrogens (tertiary/aromatic N) is 1. The maximum absolute atomic E-state index is 11.7. The Morgan fingerprint density at radius 3 is 2.67 bits per heavy atom. The normalized spacial score (nSPS) is 9.94. The predicted molar refractivity (Wildman–Crippen MR) is 68.5 cm³/mol. The Hall–Kier alpha value is -1.59. The molecule has 0 atom stereocenters. The summed E-state index contributed by atoms with van der Waals surface area (Å²) in [5.41, 5.74) is 0.330. The van der Waals surface area contributed by atoms with Gasteiger partial charge in [0.2, 0.25) is 5.91 Å². The number of aliphatic hydroxyl groups excluding tert-OH is 1. The lowest BCUT2D eigenvalue weighted by Gasteiger charge is -2.16. The van der Waals surface area contributed by atoms with Crippen LogP contribution in [0.25, 0.3) is 0 Å². The fourth-order valence-corrected chi connectivity index (χ4v) is 1.53. The standard InChI is InChI=1S/C12H15ClN2O3/c1-15(6-7-16)11(17)8-14-12(18)9-4-2-3-5-10(9)13/h2-5,16H,6-8H2,1H3,(H,14,18). The van der Waals surface area contributed by atoms with Gasteiger partial charge in [-0.25, -0.2) is 0 Å². The number of hydrogen-bond donors (Lipinski definition) is 2. The molecule has 0 aromatic heterocycles. The molecule has 0 spiro atoms. The van der Waals surface area contributed by atoms with Crippen molar-refractivity contribution >= 4 is 23.4 Å². The molecule has 0 saturated heterocycles. The topological polar surface area (TPSA) is 69.6 Å². The highest BCUT2D eigenvalue weighted by Crippen LogP contribution is 2.14. The van der Waals surface area contributed by atoms with Crippen LogP contribution in [-0.2, 0) is 4.79 Å². The Labute approximate surface area is 110 Å². The minimum absolute atomic E-state index is 0.110.